The third-order valence-corrected chi connectivity index (χ3v) is 6.17. The number of aliphatic hydroxyl groups is 1. The van der Waals surface area contributed by atoms with Crippen LogP contribution in [0.2, 0.25) is 0 Å². The van der Waals surface area contributed by atoms with Crippen LogP contribution in [0.5, 0.6) is 0 Å². The van der Waals surface area contributed by atoms with Gasteiger partial charge in [-0.2, -0.15) is 4.98 Å². The molecule has 2 aromatic heterocycles. The van der Waals surface area contributed by atoms with Gasteiger partial charge < -0.3 is 30.7 Å². The largest absolute Gasteiger partial charge is 0.444 e. The Balaban J connectivity index is 1.60. The van der Waals surface area contributed by atoms with Crippen molar-refractivity contribution in [3.8, 4) is 0 Å². The maximum atomic E-state index is 14.3. The first-order valence-corrected chi connectivity index (χ1v) is 13.4. The highest BCUT2D eigenvalue weighted by molar-refractivity contribution is 5.99. The Morgan fingerprint density at radius 3 is 2.51 bits per heavy atom. The van der Waals surface area contributed by atoms with Crippen molar-refractivity contribution in [3.05, 3.63) is 64.7 Å². The molecule has 0 spiro atoms. The van der Waals surface area contributed by atoms with Crippen molar-refractivity contribution in [3.63, 3.8) is 0 Å². The monoisotopic (exact) mass is 565 g/mol. The summed E-state index contributed by atoms with van der Waals surface area (Å²) in [5.74, 6) is -0.528. The third kappa shape index (κ3) is 7.46. The number of carbonyl (C=O) groups is 2. The molecule has 1 aliphatic rings. The van der Waals surface area contributed by atoms with Gasteiger partial charge in [-0.05, 0) is 83.4 Å². The zero-order chi connectivity index (χ0) is 29.9. The standard InChI is InChI=1S/C29H36FN7O4/c1-7-31-25(38)20-15-32-26(36-24(20)35-22-11-10-21(30)23(34-22)29(5,6)40)33-19-9-8-17-12-13-37(16-18(17)14-19)27(39)41-28(2,3)4/h8-11,14-15,40H,7,12-13,16H2,1-6H3,(H,31,38)(H2,32,33,34,35,36). The number of anilines is 4. The number of amides is 2. The van der Waals surface area contributed by atoms with Crippen molar-refractivity contribution in [1.29, 1.82) is 0 Å². The van der Waals surface area contributed by atoms with Crippen molar-refractivity contribution in [1.82, 2.24) is 25.2 Å². The first-order valence-electron chi connectivity index (χ1n) is 13.4. The van der Waals surface area contributed by atoms with Crippen LogP contribution in [0.25, 0.3) is 0 Å². The van der Waals surface area contributed by atoms with E-state index in [1.807, 2.05) is 39.0 Å². The molecule has 0 saturated heterocycles. The molecule has 3 heterocycles. The van der Waals surface area contributed by atoms with Gasteiger partial charge in [0.2, 0.25) is 5.95 Å². The van der Waals surface area contributed by atoms with Crippen LogP contribution in [0.1, 0.15) is 68.7 Å². The van der Waals surface area contributed by atoms with Gasteiger partial charge in [-0.3, -0.25) is 4.79 Å². The highest BCUT2D eigenvalue weighted by Crippen LogP contribution is 2.28. The van der Waals surface area contributed by atoms with Gasteiger partial charge in [-0.25, -0.2) is 19.2 Å². The number of fused-ring (bicyclic) bond motifs is 1. The topological polar surface area (TPSA) is 142 Å². The van der Waals surface area contributed by atoms with Crippen molar-refractivity contribution >= 4 is 35.3 Å². The first-order chi connectivity index (χ1) is 19.2. The molecule has 4 rings (SSSR count). The number of nitrogens with zero attached hydrogens (tertiary/aromatic N) is 4. The average Bonchev–Trinajstić information content (AvgIpc) is 2.88. The van der Waals surface area contributed by atoms with Crippen molar-refractivity contribution in [2.75, 3.05) is 23.7 Å². The fraction of sp³-hybridized carbons (Fsp3) is 0.414. The van der Waals surface area contributed by atoms with Gasteiger partial charge in [0.05, 0.1) is 0 Å². The molecule has 218 valence electrons. The molecule has 11 nitrogen and oxygen atoms in total. The lowest BCUT2D eigenvalue weighted by Gasteiger charge is -2.31. The smallest absolute Gasteiger partial charge is 0.410 e. The third-order valence-electron chi connectivity index (χ3n) is 6.17. The molecule has 0 atom stereocenters. The molecule has 12 heteroatoms. The number of hydrogen-bond acceptors (Lipinski definition) is 9. The Kier molecular flexibility index (Phi) is 8.43. The van der Waals surface area contributed by atoms with E-state index >= 15 is 0 Å². The Morgan fingerprint density at radius 2 is 1.83 bits per heavy atom. The highest BCUT2D eigenvalue weighted by Gasteiger charge is 2.26. The van der Waals surface area contributed by atoms with E-state index in [0.29, 0.717) is 31.7 Å². The molecule has 0 saturated carbocycles. The molecule has 1 aliphatic heterocycles. The Hall–Kier alpha value is -4.32. The number of halogens is 1. The van der Waals surface area contributed by atoms with Crippen molar-refractivity contribution in [2.24, 2.45) is 0 Å². The zero-order valence-corrected chi connectivity index (χ0v) is 24.1. The van der Waals surface area contributed by atoms with Gasteiger partial charge in [0, 0.05) is 31.5 Å². The average molecular weight is 566 g/mol. The number of carbonyl (C=O) groups excluding carboxylic acids is 2. The Labute approximate surface area is 238 Å². The normalized spacial score (nSPS) is 13.3. The lowest BCUT2D eigenvalue weighted by molar-refractivity contribution is 0.0223. The van der Waals surface area contributed by atoms with Gasteiger partial charge in [0.15, 0.2) is 0 Å². The maximum absolute atomic E-state index is 14.3. The van der Waals surface area contributed by atoms with Crippen LogP contribution in [0.4, 0.5) is 32.5 Å². The number of benzene rings is 1. The summed E-state index contributed by atoms with van der Waals surface area (Å²) in [7, 11) is 0. The summed E-state index contributed by atoms with van der Waals surface area (Å²) in [6, 6.07) is 8.39. The van der Waals surface area contributed by atoms with E-state index in [1.165, 1.54) is 32.2 Å². The van der Waals surface area contributed by atoms with E-state index < -0.39 is 22.9 Å². The molecule has 3 aromatic rings. The van der Waals surface area contributed by atoms with Crippen LogP contribution in [0.3, 0.4) is 0 Å². The summed E-state index contributed by atoms with van der Waals surface area (Å²) < 4.78 is 19.8. The summed E-state index contributed by atoms with van der Waals surface area (Å²) in [4.78, 5) is 40.0. The molecule has 0 bridgehead atoms. The number of ether oxygens (including phenoxy) is 1. The molecule has 41 heavy (non-hydrogen) atoms. The van der Waals surface area contributed by atoms with Crippen molar-refractivity contribution in [2.45, 2.75) is 65.7 Å². The predicted octanol–water partition coefficient (Wildman–Crippen LogP) is 4.77. The second-order valence-electron chi connectivity index (χ2n) is 11.3. The first kappa shape index (κ1) is 29.7. The van der Waals surface area contributed by atoms with E-state index in [4.69, 9.17) is 4.74 Å². The summed E-state index contributed by atoms with van der Waals surface area (Å²) in [6.45, 7) is 11.5. The van der Waals surface area contributed by atoms with Crippen LogP contribution < -0.4 is 16.0 Å². The minimum absolute atomic E-state index is 0.142. The second-order valence-corrected chi connectivity index (χ2v) is 11.3. The molecule has 0 fully saturated rings. The molecule has 2 amide bonds. The summed E-state index contributed by atoms with van der Waals surface area (Å²) in [5, 5.41) is 19.1. The number of nitrogens with one attached hydrogen (secondary N) is 3. The number of pyridine rings is 1. The van der Waals surface area contributed by atoms with Gasteiger partial charge in [-0.1, -0.05) is 6.07 Å². The highest BCUT2D eigenvalue weighted by atomic mass is 19.1. The molecule has 0 unspecified atom stereocenters. The molecule has 0 radical (unpaired) electrons. The summed E-state index contributed by atoms with van der Waals surface area (Å²) in [5.41, 5.74) is 0.706. The summed E-state index contributed by atoms with van der Waals surface area (Å²) >= 11 is 0. The molecule has 4 N–H and O–H groups in total. The fourth-order valence-electron chi connectivity index (χ4n) is 4.27. The van der Waals surface area contributed by atoms with Crippen LogP contribution in [0, 0.1) is 5.82 Å². The van der Waals surface area contributed by atoms with E-state index in [-0.39, 0.29) is 34.9 Å². The lowest BCUT2D eigenvalue weighted by atomic mass is 9.99. The van der Waals surface area contributed by atoms with Crippen LogP contribution >= 0.6 is 0 Å². The van der Waals surface area contributed by atoms with E-state index in [9.17, 15) is 19.1 Å². The number of hydrogen-bond donors (Lipinski definition) is 4. The molecular formula is C29H36FN7O4. The van der Waals surface area contributed by atoms with Gasteiger partial charge in [0.1, 0.15) is 39.9 Å². The SMILES string of the molecule is CCNC(=O)c1cnc(Nc2ccc3c(c2)CN(C(=O)OC(C)(C)C)CC3)nc1Nc1ccc(F)c(C(C)(C)O)n1. The number of rotatable bonds is 7. The van der Waals surface area contributed by atoms with Crippen LogP contribution in [-0.4, -0.2) is 55.6 Å². The predicted molar refractivity (Wildman–Crippen MR) is 153 cm³/mol. The van der Waals surface area contributed by atoms with Gasteiger partial charge in [-0.15, -0.1) is 0 Å². The fourth-order valence-corrected chi connectivity index (χ4v) is 4.27. The Morgan fingerprint density at radius 1 is 1.07 bits per heavy atom. The maximum Gasteiger partial charge on any atom is 0.410 e. The zero-order valence-electron chi connectivity index (χ0n) is 24.1. The van der Waals surface area contributed by atoms with E-state index in [0.717, 1.165) is 11.1 Å². The quantitative estimate of drug-likeness (QED) is 0.319. The minimum Gasteiger partial charge on any atom is -0.444 e. The van der Waals surface area contributed by atoms with Crippen LogP contribution in [0.15, 0.2) is 36.5 Å². The second kappa shape index (κ2) is 11.7. The van der Waals surface area contributed by atoms with E-state index in [2.05, 4.69) is 30.9 Å². The molecule has 1 aromatic carbocycles. The lowest BCUT2D eigenvalue weighted by Crippen LogP contribution is -2.39. The number of aromatic nitrogens is 3. The minimum atomic E-state index is -1.52. The molecule has 0 aliphatic carbocycles. The Bertz CT molecular complexity index is 1450. The van der Waals surface area contributed by atoms with Gasteiger partial charge in [0.25, 0.3) is 5.91 Å². The van der Waals surface area contributed by atoms with Crippen LogP contribution in [-0.2, 0) is 23.3 Å². The molecular weight excluding hydrogens is 529 g/mol. The summed E-state index contributed by atoms with van der Waals surface area (Å²) in [6.07, 6.45) is 1.73. The van der Waals surface area contributed by atoms with Crippen molar-refractivity contribution < 1.29 is 23.8 Å². The van der Waals surface area contributed by atoms with E-state index in [1.54, 1.807) is 11.8 Å². The van der Waals surface area contributed by atoms with Gasteiger partial charge >= 0.3 is 6.09 Å².